The molecule has 1 aromatic heterocycles. The van der Waals surface area contributed by atoms with Gasteiger partial charge in [-0.3, -0.25) is 4.90 Å². The first-order chi connectivity index (χ1) is 9.10. The summed E-state index contributed by atoms with van der Waals surface area (Å²) in [6.07, 6.45) is 1.15. The number of likely N-dealkylation sites (tertiary alicyclic amines) is 1. The third-order valence-corrected chi connectivity index (χ3v) is 4.55. The Bertz CT molecular complexity index is 602. The summed E-state index contributed by atoms with van der Waals surface area (Å²) in [5.41, 5.74) is 9.41. The minimum atomic E-state index is 0.476. The third kappa shape index (κ3) is 2.07. The zero-order chi connectivity index (χ0) is 13.6. The van der Waals surface area contributed by atoms with Crippen molar-refractivity contribution in [2.45, 2.75) is 26.3 Å². The Morgan fingerprint density at radius 2 is 2.16 bits per heavy atom. The standard InChI is InChI=1S/C16H22N2O/c1-10-11(2)19-16-7-13(4-5-14(10)16)15-6-12(8-17)9-18(15)3/h4-5,7,12,15H,6,8-9,17H2,1-3H3. The number of furan rings is 1. The van der Waals surface area contributed by atoms with Crippen LogP contribution >= 0.6 is 0 Å². The van der Waals surface area contributed by atoms with E-state index in [9.17, 15) is 0 Å². The van der Waals surface area contributed by atoms with Crippen LogP contribution in [-0.4, -0.2) is 25.0 Å². The highest BCUT2D eigenvalue weighted by Crippen LogP contribution is 2.36. The summed E-state index contributed by atoms with van der Waals surface area (Å²) in [4.78, 5) is 2.40. The lowest BCUT2D eigenvalue weighted by molar-refractivity contribution is 0.313. The van der Waals surface area contributed by atoms with Crippen LogP contribution in [0.5, 0.6) is 0 Å². The molecule has 3 nitrogen and oxygen atoms in total. The second-order valence-electron chi connectivity index (χ2n) is 5.83. The summed E-state index contributed by atoms with van der Waals surface area (Å²) in [5, 5.41) is 1.23. The van der Waals surface area contributed by atoms with Crippen molar-refractivity contribution in [3.63, 3.8) is 0 Å². The van der Waals surface area contributed by atoms with Gasteiger partial charge >= 0.3 is 0 Å². The zero-order valence-electron chi connectivity index (χ0n) is 11.9. The lowest BCUT2D eigenvalue weighted by atomic mass is 9.99. The number of hydrogen-bond donors (Lipinski definition) is 1. The van der Waals surface area contributed by atoms with Crippen LogP contribution in [0, 0.1) is 19.8 Å². The predicted molar refractivity (Wildman–Crippen MR) is 78.2 cm³/mol. The van der Waals surface area contributed by atoms with Crippen LogP contribution in [0.3, 0.4) is 0 Å². The molecule has 1 aromatic carbocycles. The van der Waals surface area contributed by atoms with E-state index in [0.29, 0.717) is 12.0 Å². The van der Waals surface area contributed by atoms with Crippen molar-refractivity contribution in [2.24, 2.45) is 11.7 Å². The van der Waals surface area contributed by atoms with Crippen LogP contribution in [0.15, 0.2) is 22.6 Å². The molecular formula is C16H22N2O. The molecule has 19 heavy (non-hydrogen) atoms. The fourth-order valence-electron chi connectivity index (χ4n) is 3.24. The van der Waals surface area contributed by atoms with E-state index in [1.165, 1.54) is 16.5 Å². The molecule has 2 unspecified atom stereocenters. The van der Waals surface area contributed by atoms with E-state index in [2.05, 4.69) is 37.1 Å². The molecular weight excluding hydrogens is 236 g/mol. The van der Waals surface area contributed by atoms with Crippen molar-refractivity contribution in [1.29, 1.82) is 0 Å². The van der Waals surface area contributed by atoms with E-state index >= 15 is 0 Å². The molecule has 3 heteroatoms. The SMILES string of the molecule is Cc1oc2cc(C3CC(CN)CN3C)ccc2c1C. The maximum atomic E-state index is 5.84. The van der Waals surface area contributed by atoms with Crippen molar-refractivity contribution < 1.29 is 4.42 Å². The molecule has 1 aliphatic heterocycles. The van der Waals surface area contributed by atoms with Crippen LogP contribution in [0.25, 0.3) is 11.0 Å². The van der Waals surface area contributed by atoms with Crippen molar-refractivity contribution in [2.75, 3.05) is 20.1 Å². The first-order valence-electron chi connectivity index (χ1n) is 7.00. The van der Waals surface area contributed by atoms with Gasteiger partial charge in [-0.25, -0.2) is 0 Å². The number of benzene rings is 1. The normalized spacial score (nSPS) is 24.4. The lowest BCUT2D eigenvalue weighted by Crippen LogP contribution is -2.20. The fourth-order valence-corrected chi connectivity index (χ4v) is 3.24. The van der Waals surface area contributed by atoms with E-state index in [4.69, 9.17) is 10.2 Å². The number of hydrogen-bond acceptors (Lipinski definition) is 3. The first kappa shape index (κ1) is 12.7. The quantitative estimate of drug-likeness (QED) is 0.900. The Morgan fingerprint density at radius 1 is 1.37 bits per heavy atom. The van der Waals surface area contributed by atoms with E-state index in [-0.39, 0.29) is 0 Å². The number of fused-ring (bicyclic) bond motifs is 1. The van der Waals surface area contributed by atoms with Gasteiger partial charge in [0.1, 0.15) is 11.3 Å². The van der Waals surface area contributed by atoms with E-state index in [1.807, 2.05) is 6.92 Å². The second-order valence-corrected chi connectivity index (χ2v) is 5.83. The lowest BCUT2D eigenvalue weighted by Gasteiger charge is -2.19. The number of rotatable bonds is 2. The summed E-state index contributed by atoms with van der Waals surface area (Å²) in [5.74, 6) is 1.64. The van der Waals surface area contributed by atoms with Gasteiger partial charge in [0.15, 0.2) is 0 Å². The second kappa shape index (κ2) is 4.66. The highest BCUT2D eigenvalue weighted by Gasteiger charge is 2.29. The molecule has 2 aromatic rings. The van der Waals surface area contributed by atoms with E-state index in [0.717, 1.165) is 30.9 Å². The van der Waals surface area contributed by atoms with Gasteiger partial charge < -0.3 is 10.2 Å². The molecule has 1 saturated heterocycles. The summed E-state index contributed by atoms with van der Waals surface area (Å²) >= 11 is 0. The van der Waals surface area contributed by atoms with Gasteiger partial charge in [0.2, 0.25) is 0 Å². The van der Waals surface area contributed by atoms with Gasteiger partial charge in [-0.2, -0.15) is 0 Å². The molecule has 3 rings (SSSR count). The van der Waals surface area contributed by atoms with Gasteiger partial charge in [0.25, 0.3) is 0 Å². The number of nitrogens with zero attached hydrogens (tertiary/aromatic N) is 1. The molecule has 0 saturated carbocycles. The van der Waals surface area contributed by atoms with E-state index < -0.39 is 0 Å². The molecule has 0 bridgehead atoms. The zero-order valence-corrected chi connectivity index (χ0v) is 11.9. The first-order valence-corrected chi connectivity index (χ1v) is 7.00. The monoisotopic (exact) mass is 258 g/mol. The maximum Gasteiger partial charge on any atom is 0.134 e. The van der Waals surface area contributed by atoms with Gasteiger partial charge in [0.05, 0.1) is 0 Å². The Labute approximate surface area is 114 Å². The van der Waals surface area contributed by atoms with Crippen molar-refractivity contribution in [3.05, 3.63) is 35.1 Å². The predicted octanol–water partition coefficient (Wildman–Crippen LogP) is 3.00. The molecule has 102 valence electrons. The Balaban J connectivity index is 1.97. The van der Waals surface area contributed by atoms with Crippen LogP contribution < -0.4 is 5.73 Å². The van der Waals surface area contributed by atoms with Crippen LogP contribution in [0.4, 0.5) is 0 Å². The smallest absolute Gasteiger partial charge is 0.134 e. The van der Waals surface area contributed by atoms with Crippen LogP contribution in [-0.2, 0) is 0 Å². The van der Waals surface area contributed by atoms with Gasteiger partial charge in [-0.1, -0.05) is 12.1 Å². The van der Waals surface area contributed by atoms with Gasteiger partial charge in [-0.15, -0.1) is 0 Å². The molecule has 0 radical (unpaired) electrons. The van der Waals surface area contributed by atoms with Crippen molar-refractivity contribution in [3.8, 4) is 0 Å². The minimum absolute atomic E-state index is 0.476. The molecule has 2 N–H and O–H groups in total. The Morgan fingerprint density at radius 3 is 2.84 bits per heavy atom. The van der Waals surface area contributed by atoms with E-state index in [1.54, 1.807) is 0 Å². The van der Waals surface area contributed by atoms with Crippen LogP contribution in [0.1, 0.15) is 29.3 Å². The third-order valence-electron chi connectivity index (χ3n) is 4.55. The van der Waals surface area contributed by atoms with Gasteiger partial charge in [-0.05, 0) is 57.0 Å². The average molecular weight is 258 g/mol. The molecule has 2 atom stereocenters. The maximum absolute atomic E-state index is 5.84. The summed E-state index contributed by atoms with van der Waals surface area (Å²) in [6.45, 7) is 6.02. The van der Waals surface area contributed by atoms with Crippen molar-refractivity contribution >= 4 is 11.0 Å². The molecule has 0 amide bonds. The molecule has 0 aliphatic carbocycles. The fraction of sp³-hybridized carbons (Fsp3) is 0.500. The minimum Gasteiger partial charge on any atom is -0.461 e. The topological polar surface area (TPSA) is 42.4 Å². The molecule has 1 aliphatic rings. The van der Waals surface area contributed by atoms with Gasteiger partial charge in [0, 0.05) is 18.0 Å². The summed E-state index contributed by atoms with van der Waals surface area (Å²) in [7, 11) is 2.18. The van der Waals surface area contributed by atoms with Crippen molar-refractivity contribution in [1.82, 2.24) is 4.90 Å². The highest BCUT2D eigenvalue weighted by atomic mass is 16.3. The molecule has 2 heterocycles. The summed E-state index contributed by atoms with van der Waals surface area (Å²) in [6, 6.07) is 7.11. The number of aryl methyl sites for hydroxylation is 2. The Hall–Kier alpha value is -1.32. The Kier molecular flexibility index (Phi) is 3.11. The highest BCUT2D eigenvalue weighted by molar-refractivity contribution is 5.82. The number of nitrogens with two attached hydrogens (primary N) is 1. The van der Waals surface area contributed by atoms with Crippen LogP contribution in [0.2, 0.25) is 0 Å². The largest absolute Gasteiger partial charge is 0.461 e. The molecule has 0 spiro atoms. The summed E-state index contributed by atoms with van der Waals surface area (Å²) < 4.78 is 5.84. The average Bonchev–Trinajstić information content (AvgIpc) is 2.91. The molecule has 1 fully saturated rings.